The maximum Gasteiger partial charge on any atom is 0.368 e. The number of methoxy groups -OCH3 is 1. The fraction of sp³-hybridized carbons (Fsp3) is 0.360. The Morgan fingerprint density at radius 2 is 0.589 bits per heavy atom. The first-order chi connectivity index (χ1) is 59.3. The Morgan fingerprint density at radius 1 is 0.347 bits per heavy atom. The van der Waals surface area contributed by atoms with E-state index in [-0.39, 0.29) is 79.3 Å². The van der Waals surface area contributed by atoms with Crippen molar-refractivity contribution in [3.05, 3.63) is 236 Å². The second kappa shape index (κ2) is 48.3. The summed E-state index contributed by atoms with van der Waals surface area (Å²) >= 11 is 30.9. The van der Waals surface area contributed by atoms with Crippen molar-refractivity contribution in [1.29, 1.82) is 0 Å². The molecule has 0 spiro atoms. The zero-order valence-corrected chi connectivity index (χ0v) is 74.3. The molecule has 6 aromatic heterocycles. The van der Waals surface area contributed by atoms with E-state index in [1.807, 2.05) is 48.5 Å². The van der Waals surface area contributed by atoms with Crippen LogP contribution in [-0.4, -0.2) is 161 Å². The molecule has 0 radical (unpaired) electrons. The van der Waals surface area contributed by atoms with Crippen molar-refractivity contribution in [2.75, 3.05) is 7.11 Å². The summed E-state index contributed by atoms with van der Waals surface area (Å²) in [6.07, 6.45) is 5.01. The first-order valence-corrected chi connectivity index (χ1v) is 39.2. The molecule has 0 fully saturated rings. The zero-order chi connectivity index (χ0) is 90.9. The van der Waals surface area contributed by atoms with E-state index in [0.717, 1.165) is 81.3 Å². The number of ether oxygens (including phenoxy) is 1. The Morgan fingerprint density at radius 3 is 0.831 bits per heavy atom. The van der Waals surface area contributed by atoms with Gasteiger partial charge in [-0.3, -0.25) is 0 Å². The van der Waals surface area contributed by atoms with Crippen LogP contribution in [0.3, 0.4) is 0 Å². The zero-order valence-electron chi connectivity index (χ0n) is 70.5. The highest BCUT2D eigenvalue weighted by molar-refractivity contribution is 6.33. The maximum atomic E-state index is 14.0. The fourth-order valence-electron chi connectivity index (χ4n) is 9.91. The monoisotopic (exact) mass is 1810 g/mol. The molecule has 12 rings (SSSR count). The number of benzene rings is 6. The molecule has 0 bridgehead atoms. The van der Waals surface area contributed by atoms with Gasteiger partial charge in [0, 0.05) is 108 Å². The standard InChI is InChI=1S/C14H18ClN5O2.2C13H16ClN5O2.C12H14ClN5O2.C12H14FN5O3.C11H12ClN5O2/c1-4-6-10(2)16-22-9-11-12(15)7-5-8-13(11)20-14(21)19(3)17-18-20;2*1-4-9(2)15-21-8-10-11(14)6-5-7-12(10)19-13(20)18(3)16-17-19;1-8(2)14-20-7-9-10(13)5-4-6-11(9)18-12(19)17(3)15-16-18;1-8(20-3)14-21-7-9-10(13)5-4-6-11(9)18-12(19)17(2)15-16-18;1-3-13-19-7-8-9(12)5-4-6-10(8)17-11(18)16(2)14-15-17/h5,7-8H,4,6,9H2,1-3H3;2*5-7H,4,8H2,1-3H3;4-6H,7H2,1-3H3;4-6H,7H2,1-3H3;3-6H,7H2,1-2H3. The summed E-state index contributed by atoms with van der Waals surface area (Å²) in [5, 5.41) is 70.3. The molecule has 49 heteroatoms. The Bertz CT molecular complexity index is 5870. The van der Waals surface area contributed by atoms with E-state index in [1.54, 1.807) is 111 Å². The molecule has 0 aliphatic heterocycles. The first kappa shape index (κ1) is 97.7. The van der Waals surface area contributed by atoms with E-state index < -0.39 is 11.5 Å². The molecule has 0 N–H and O–H groups in total. The number of oxime groups is 6. The SMILES string of the molecule is CC(C)=NOCc1c(Cl)cccc1-n1nnn(C)c1=O.CC=NOCc1c(Cl)cccc1-n1nnn(C)c1=O.CCC(C)=NOCc1c(Cl)cccc1-n1nnn(C)c1=O.CCC(C)=NOCc1c(Cl)cccc1-n1nnn(C)c1=O.CCCC(C)=NOCc1c(Cl)cccc1-n1nnn(C)c1=O.COC(C)=NOCc1c(F)cccc1-n1nnn(C)c1=O. The van der Waals surface area contributed by atoms with E-state index in [4.69, 9.17) is 91.8 Å². The number of nitrogens with zero attached hydrogens (tertiary/aromatic N) is 30. The smallest absolute Gasteiger partial charge is 0.368 e. The lowest BCUT2D eigenvalue weighted by atomic mass is 10.2. The molecule has 0 aliphatic rings. The van der Waals surface area contributed by atoms with Crippen LogP contribution in [0, 0.1) is 5.82 Å². The molecule has 124 heavy (non-hydrogen) atoms. The van der Waals surface area contributed by atoms with Gasteiger partial charge in [-0.15, -0.1) is 0 Å². The Balaban J connectivity index is 0.000000205. The maximum absolute atomic E-state index is 14.0. The lowest BCUT2D eigenvalue weighted by Crippen LogP contribution is -2.23. The number of aryl methyl sites for hydroxylation is 6. The molecule has 0 saturated carbocycles. The van der Waals surface area contributed by atoms with Crippen LogP contribution < -0.4 is 34.1 Å². The van der Waals surface area contributed by atoms with Crippen LogP contribution in [0.25, 0.3) is 34.1 Å². The first-order valence-electron chi connectivity index (χ1n) is 37.3. The number of rotatable bonds is 28. The van der Waals surface area contributed by atoms with Crippen LogP contribution in [0.4, 0.5) is 4.39 Å². The fourth-order valence-corrected chi connectivity index (χ4v) is 11.0. The summed E-state index contributed by atoms with van der Waals surface area (Å²) in [6, 6.07) is 30.2. The van der Waals surface area contributed by atoms with Gasteiger partial charge in [0.2, 0.25) is 5.90 Å². The van der Waals surface area contributed by atoms with Crippen molar-refractivity contribution in [2.45, 2.75) is 135 Å². The van der Waals surface area contributed by atoms with Gasteiger partial charge in [-0.25, -0.2) is 33.2 Å². The minimum atomic E-state index is -0.532. The minimum Gasteiger partial charge on any atom is -0.482 e. The highest BCUT2D eigenvalue weighted by Gasteiger charge is 2.22. The number of halogens is 6. The summed E-state index contributed by atoms with van der Waals surface area (Å²) in [5.41, 5.74) is 7.38. The van der Waals surface area contributed by atoms with Gasteiger partial charge in [0.25, 0.3) is 0 Å². The Labute approximate surface area is 731 Å². The lowest BCUT2D eigenvalue weighted by Gasteiger charge is -2.09. The molecule has 0 aliphatic carbocycles. The molecule has 43 nitrogen and oxygen atoms in total. The molecule has 0 unspecified atom stereocenters. The summed E-state index contributed by atoms with van der Waals surface area (Å²) in [7, 11) is 10.5. The Hall–Kier alpha value is -13.5. The molecular weight excluding hydrogens is 1730 g/mol. The lowest BCUT2D eigenvalue weighted by molar-refractivity contribution is 0.119. The molecule has 0 atom stereocenters. The third-order valence-electron chi connectivity index (χ3n) is 16.7. The molecular formula is C75H90Cl5FN30O13. The van der Waals surface area contributed by atoms with Crippen LogP contribution in [0.15, 0.2) is 169 Å². The van der Waals surface area contributed by atoms with Crippen LogP contribution in [-0.2, 0) is 116 Å². The van der Waals surface area contributed by atoms with Crippen LogP contribution >= 0.6 is 58.0 Å². The molecule has 12 aromatic rings. The van der Waals surface area contributed by atoms with Gasteiger partial charge < -0.3 is 33.8 Å². The number of tetrazole rings is 6. The second-order valence-electron chi connectivity index (χ2n) is 26.0. The van der Waals surface area contributed by atoms with Crippen molar-refractivity contribution in [3.8, 4) is 34.1 Å². The van der Waals surface area contributed by atoms with Gasteiger partial charge in [-0.05, 0) is 196 Å². The minimum absolute atomic E-state index is 0.141. The number of hydrogen-bond donors (Lipinski definition) is 0. The largest absolute Gasteiger partial charge is 0.482 e. The van der Waals surface area contributed by atoms with Crippen molar-refractivity contribution in [1.82, 2.24) is 119 Å². The molecule has 6 heterocycles. The third-order valence-corrected chi connectivity index (χ3v) is 18.5. The summed E-state index contributed by atoms with van der Waals surface area (Å²) in [4.78, 5) is 103. The van der Waals surface area contributed by atoms with Crippen LogP contribution in [0.2, 0.25) is 25.1 Å². The van der Waals surface area contributed by atoms with Crippen LogP contribution in [0.5, 0.6) is 0 Å². The normalized spacial score (nSPS) is 11.4. The van der Waals surface area contributed by atoms with Gasteiger partial charge in [0.05, 0.1) is 69.6 Å². The number of aromatic nitrogens is 24. The predicted molar refractivity (Wildman–Crippen MR) is 461 cm³/mol. The van der Waals surface area contributed by atoms with E-state index in [2.05, 4.69) is 100 Å². The van der Waals surface area contributed by atoms with Crippen molar-refractivity contribution < 1.29 is 38.2 Å². The van der Waals surface area contributed by atoms with Crippen molar-refractivity contribution in [3.63, 3.8) is 0 Å². The average Bonchev–Trinajstić information content (AvgIpc) is 1.68. The molecule has 0 amide bonds. The molecule has 660 valence electrons. The van der Waals surface area contributed by atoms with Crippen LogP contribution in [0.1, 0.15) is 128 Å². The topological polar surface area (TPSA) is 455 Å². The van der Waals surface area contributed by atoms with Crippen molar-refractivity contribution >= 4 is 93.0 Å². The van der Waals surface area contributed by atoms with Gasteiger partial charge >= 0.3 is 34.1 Å². The van der Waals surface area contributed by atoms with Gasteiger partial charge in [0.15, 0.2) is 0 Å². The van der Waals surface area contributed by atoms with E-state index in [9.17, 15) is 33.2 Å². The van der Waals surface area contributed by atoms with E-state index >= 15 is 0 Å². The second-order valence-corrected chi connectivity index (χ2v) is 28.0. The summed E-state index contributed by atoms with van der Waals surface area (Å²) in [6.45, 7) is 19.2. The average molecular weight is 1820 g/mol. The van der Waals surface area contributed by atoms with Crippen molar-refractivity contribution in [2.24, 2.45) is 73.2 Å². The van der Waals surface area contributed by atoms with Gasteiger partial charge in [-0.2, -0.15) is 56.2 Å². The molecule has 0 saturated heterocycles. The summed E-state index contributed by atoms with van der Waals surface area (Å²) in [5.74, 6) is -0.236. The highest BCUT2D eigenvalue weighted by atomic mass is 35.5. The van der Waals surface area contributed by atoms with E-state index in [1.165, 1.54) is 91.2 Å². The predicted octanol–water partition coefficient (Wildman–Crippen LogP) is 9.43. The molecule has 6 aromatic carbocycles. The van der Waals surface area contributed by atoms with Gasteiger partial charge in [-0.1, -0.05) is 153 Å². The number of hydrogen-bond acceptors (Lipinski definition) is 31. The van der Waals surface area contributed by atoms with Gasteiger partial charge in [0.1, 0.15) is 45.5 Å². The third kappa shape index (κ3) is 26.8. The van der Waals surface area contributed by atoms with E-state index in [0.29, 0.717) is 87.3 Å². The highest BCUT2D eigenvalue weighted by Crippen LogP contribution is 2.28. The summed E-state index contributed by atoms with van der Waals surface area (Å²) < 4.78 is 32.4. The quantitative estimate of drug-likeness (QED) is 0.0250. The Kier molecular flexibility index (Phi) is 38.0.